The highest BCUT2D eigenvalue weighted by molar-refractivity contribution is 7.90. The summed E-state index contributed by atoms with van der Waals surface area (Å²) in [6.45, 7) is 3.28. The number of ether oxygens (including phenoxy) is 3. The minimum atomic E-state index is -4.78. The Kier molecular flexibility index (Phi) is 8.18. The van der Waals surface area contributed by atoms with Gasteiger partial charge in [-0.05, 0) is 12.1 Å². The van der Waals surface area contributed by atoms with Gasteiger partial charge in [-0.15, -0.1) is 0 Å². The molecule has 0 saturated heterocycles. The fourth-order valence-corrected chi connectivity index (χ4v) is 3.92. The summed E-state index contributed by atoms with van der Waals surface area (Å²) < 4.78 is 42.8. The van der Waals surface area contributed by atoms with E-state index in [1.807, 2.05) is 0 Å². The first-order valence-corrected chi connectivity index (χ1v) is 11.0. The van der Waals surface area contributed by atoms with Crippen LogP contribution in [0.3, 0.4) is 0 Å². The SMILES string of the molecule is COC(=O)c1ccc(NNC(=O)C(C)C)c(-c2nc(OC)cc(OC)n2)c1S(=O)(=O)NC(N)=O. The summed E-state index contributed by atoms with van der Waals surface area (Å²) in [4.78, 5) is 43.5. The normalized spacial score (nSPS) is 10.9. The third-order valence-electron chi connectivity index (χ3n) is 4.23. The van der Waals surface area contributed by atoms with Gasteiger partial charge in [0.05, 0.1) is 44.2 Å². The average Bonchev–Trinajstić information content (AvgIpc) is 2.79. The van der Waals surface area contributed by atoms with Crippen molar-refractivity contribution in [3.05, 3.63) is 23.8 Å². The van der Waals surface area contributed by atoms with Crippen molar-refractivity contribution in [2.24, 2.45) is 11.7 Å². The molecule has 2 aromatic rings. The first-order valence-electron chi connectivity index (χ1n) is 9.56. The second kappa shape index (κ2) is 10.7. The van der Waals surface area contributed by atoms with Gasteiger partial charge in [0, 0.05) is 5.92 Å². The van der Waals surface area contributed by atoms with E-state index in [1.54, 1.807) is 18.6 Å². The van der Waals surface area contributed by atoms with Crippen LogP contribution in [-0.2, 0) is 19.6 Å². The maximum atomic E-state index is 13.1. The monoisotopic (exact) mass is 496 g/mol. The molecule has 0 aliphatic heterocycles. The predicted octanol–water partition coefficient (Wildman–Crippen LogP) is 0.404. The van der Waals surface area contributed by atoms with Gasteiger partial charge in [0.2, 0.25) is 17.7 Å². The summed E-state index contributed by atoms with van der Waals surface area (Å²) in [6, 6.07) is 2.33. The molecule has 0 aliphatic rings. The number of rotatable bonds is 9. The highest BCUT2D eigenvalue weighted by atomic mass is 32.2. The molecule has 0 aliphatic carbocycles. The van der Waals surface area contributed by atoms with Gasteiger partial charge in [0.25, 0.3) is 10.0 Å². The number of amides is 3. The van der Waals surface area contributed by atoms with Crippen molar-refractivity contribution in [2.75, 3.05) is 26.8 Å². The van der Waals surface area contributed by atoms with Crippen LogP contribution in [0.5, 0.6) is 11.8 Å². The maximum absolute atomic E-state index is 13.1. The Balaban J connectivity index is 2.97. The molecule has 0 atom stereocenters. The molecule has 1 heterocycles. The predicted molar refractivity (Wildman–Crippen MR) is 118 cm³/mol. The van der Waals surface area contributed by atoms with Crippen LogP contribution in [0.1, 0.15) is 24.2 Å². The molecule has 1 aromatic heterocycles. The molecular weight excluding hydrogens is 472 g/mol. The van der Waals surface area contributed by atoms with Gasteiger partial charge < -0.3 is 19.9 Å². The lowest BCUT2D eigenvalue weighted by atomic mass is 10.1. The van der Waals surface area contributed by atoms with Crippen molar-refractivity contribution in [1.82, 2.24) is 20.1 Å². The van der Waals surface area contributed by atoms with Crippen LogP contribution in [0.25, 0.3) is 11.4 Å². The van der Waals surface area contributed by atoms with Crippen LogP contribution in [0.4, 0.5) is 10.5 Å². The van der Waals surface area contributed by atoms with Crippen molar-refractivity contribution in [2.45, 2.75) is 18.7 Å². The van der Waals surface area contributed by atoms with Gasteiger partial charge in [0.1, 0.15) is 4.90 Å². The smallest absolute Gasteiger partial charge is 0.339 e. The number of carbonyl (C=O) groups excluding carboxylic acids is 3. The molecule has 15 heteroatoms. The number of primary amides is 1. The minimum Gasteiger partial charge on any atom is -0.481 e. The minimum absolute atomic E-state index is 0.00584. The molecule has 0 spiro atoms. The number of hydrogen-bond acceptors (Lipinski definition) is 11. The lowest BCUT2D eigenvalue weighted by Crippen LogP contribution is -2.37. The number of esters is 1. The van der Waals surface area contributed by atoms with E-state index in [-0.39, 0.29) is 28.8 Å². The summed E-state index contributed by atoms with van der Waals surface area (Å²) in [6.07, 6.45) is 0. The van der Waals surface area contributed by atoms with E-state index in [9.17, 15) is 22.8 Å². The van der Waals surface area contributed by atoms with E-state index in [4.69, 9.17) is 19.9 Å². The van der Waals surface area contributed by atoms with Crippen molar-refractivity contribution < 1.29 is 37.0 Å². The van der Waals surface area contributed by atoms with E-state index in [0.29, 0.717) is 0 Å². The number of aromatic nitrogens is 2. The molecule has 5 N–H and O–H groups in total. The maximum Gasteiger partial charge on any atom is 0.339 e. The number of urea groups is 1. The van der Waals surface area contributed by atoms with Gasteiger partial charge >= 0.3 is 12.0 Å². The second-order valence-corrected chi connectivity index (χ2v) is 8.49. The van der Waals surface area contributed by atoms with Gasteiger partial charge in [-0.25, -0.2) is 22.7 Å². The molecule has 0 fully saturated rings. The Morgan fingerprint density at radius 3 is 2.09 bits per heavy atom. The van der Waals surface area contributed by atoms with Crippen molar-refractivity contribution in [3.63, 3.8) is 0 Å². The summed E-state index contributed by atoms with van der Waals surface area (Å²) in [5, 5.41) is 0. The van der Waals surface area contributed by atoms with E-state index >= 15 is 0 Å². The standard InChI is InChI=1S/C19H24N6O8S/c1-9(2)17(26)24-23-11-7-6-10(18(27)33-5)15(34(29,30)25-19(20)28)14(11)16-21-12(31-3)8-13(22-16)32-4/h6-9,23H,1-5H3,(H,24,26)(H3,20,25,28). The molecular formula is C19H24N6O8S. The van der Waals surface area contributed by atoms with Crippen molar-refractivity contribution in [3.8, 4) is 23.1 Å². The zero-order valence-electron chi connectivity index (χ0n) is 19.0. The molecule has 2 rings (SSSR count). The first kappa shape index (κ1) is 26.1. The van der Waals surface area contributed by atoms with Crippen LogP contribution < -0.4 is 30.8 Å². The van der Waals surface area contributed by atoms with Crippen LogP contribution in [0, 0.1) is 5.92 Å². The lowest BCUT2D eigenvalue weighted by Gasteiger charge is -2.19. The largest absolute Gasteiger partial charge is 0.481 e. The Morgan fingerprint density at radius 1 is 1.03 bits per heavy atom. The molecule has 3 amide bonds. The number of hydrogen-bond donors (Lipinski definition) is 4. The molecule has 0 unspecified atom stereocenters. The lowest BCUT2D eigenvalue weighted by molar-refractivity contribution is -0.123. The molecule has 34 heavy (non-hydrogen) atoms. The molecule has 0 bridgehead atoms. The fourth-order valence-electron chi connectivity index (χ4n) is 2.64. The van der Waals surface area contributed by atoms with Gasteiger partial charge in [-0.2, -0.15) is 9.97 Å². The summed E-state index contributed by atoms with van der Waals surface area (Å²) in [5.41, 5.74) is 9.24. The number of nitrogens with two attached hydrogens (primary N) is 1. The number of hydrazine groups is 1. The van der Waals surface area contributed by atoms with E-state index in [2.05, 4.69) is 20.8 Å². The number of sulfonamides is 1. The summed E-state index contributed by atoms with van der Waals surface area (Å²) in [5.74, 6) is -2.18. The Morgan fingerprint density at radius 2 is 1.62 bits per heavy atom. The Hall–Kier alpha value is -4.14. The van der Waals surface area contributed by atoms with Gasteiger partial charge in [-0.3, -0.25) is 15.6 Å². The number of nitrogens with one attached hydrogen (secondary N) is 3. The second-order valence-electron chi connectivity index (χ2n) is 6.87. The number of nitrogens with zero attached hydrogens (tertiary/aromatic N) is 2. The van der Waals surface area contributed by atoms with Crippen molar-refractivity contribution in [1.29, 1.82) is 0 Å². The Bertz CT molecular complexity index is 1190. The highest BCUT2D eigenvalue weighted by Crippen LogP contribution is 2.37. The van der Waals surface area contributed by atoms with E-state index in [0.717, 1.165) is 13.2 Å². The zero-order chi connectivity index (χ0) is 25.6. The molecule has 14 nitrogen and oxygen atoms in total. The van der Waals surface area contributed by atoms with Gasteiger partial charge in [-0.1, -0.05) is 13.8 Å². The number of anilines is 1. The van der Waals surface area contributed by atoms with Crippen LogP contribution in [-0.4, -0.2) is 57.6 Å². The van der Waals surface area contributed by atoms with E-state index in [1.165, 1.54) is 26.4 Å². The molecule has 0 saturated carbocycles. The van der Waals surface area contributed by atoms with Crippen LogP contribution >= 0.6 is 0 Å². The highest BCUT2D eigenvalue weighted by Gasteiger charge is 2.32. The number of carbonyl (C=O) groups is 3. The number of methoxy groups -OCH3 is 3. The molecule has 184 valence electrons. The average molecular weight is 497 g/mol. The topological polar surface area (TPSA) is 201 Å². The zero-order valence-corrected chi connectivity index (χ0v) is 19.8. The fraction of sp³-hybridized carbons (Fsp3) is 0.316. The first-order chi connectivity index (χ1) is 15.9. The third kappa shape index (κ3) is 5.80. The number of benzene rings is 1. The Labute approximate surface area is 195 Å². The van der Waals surface area contributed by atoms with E-state index < -0.39 is 44.3 Å². The van der Waals surface area contributed by atoms with Crippen LogP contribution in [0.2, 0.25) is 0 Å². The van der Waals surface area contributed by atoms with Crippen molar-refractivity contribution >= 4 is 33.6 Å². The third-order valence-corrected chi connectivity index (χ3v) is 5.66. The summed E-state index contributed by atoms with van der Waals surface area (Å²) in [7, 11) is -1.12. The summed E-state index contributed by atoms with van der Waals surface area (Å²) >= 11 is 0. The molecule has 0 radical (unpaired) electrons. The quantitative estimate of drug-likeness (QED) is 0.276. The molecule has 1 aromatic carbocycles. The van der Waals surface area contributed by atoms with Gasteiger partial charge in [0.15, 0.2) is 5.82 Å². The van der Waals surface area contributed by atoms with Crippen LogP contribution in [0.15, 0.2) is 23.1 Å².